The molecule has 0 aliphatic rings. The summed E-state index contributed by atoms with van der Waals surface area (Å²) in [4.78, 5) is 37.5. The molecule has 1 unspecified atom stereocenters. The summed E-state index contributed by atoms with van der Waals surface area (Å²) in [6, 6.07) is 17.6. The van der Waals surface area contributed by atoms with Crippen LogP contribution in [0.5, 0.6) is 5.75 Å². The van der Waals surface area contributed by atoms with Gasteiger partial charge in [-0.15, -0.1) is 0 Å². The number of esters is 1. The molecular weight excluding hydrogens is 536 g/mol. The summed E-state index contributed by atoms with van der Waals surface area (Å²) >= 11 is 0. The first-order valence-corrected chi connectivity index (χ1v) is 13.5. The highest BCUT2D eigenvalue weighted by Crippen LogP contribution is 2.28. The third-order valence-electron chi connectivity index (χ3n) is 6.78. The van der Waals surface area contributed by atoms with E-state index in [-0.39, 0.29) is 30.4 Å². The van der Waals surface area contributed by atoms with E-state index in [1.54, 1.807) is 37.3 Å². The second-order valence-corrected chi connectivity index (χ2v) is 9.70. The maximum Gasteiger partial charge on any atom is 0.338 e. The Bertz CT molecular complexity index is 1770. The monoisotopic (exact) mass is 568 g/mol. The van der Waals surface area contributed by atoms with Gasteiger partial charge in [-0.25, -0.2) is 14.8 Å². The maximum atomic E-state index is 12.9. The average Bonchev–Trinajstić information content (AvgIpc) is 3.55. The number of fused-ring (bicyclic) bond motifs is 2. The molecule has 216 valence electrons. The molecule has 2 heterocycles. The molecule has 0 saturated carbocycles. The van der Waals surface area contributed by atoms with Crippen molar-refractivity contribution in [3.05, 3.63) is 83.4 Å². The Morgan fingerprint density at radius 3 is 2.55 bits per heavy atom. The van der Waals surface area contributed by atoms with E-state index in [1.807, 2.05) is 48.9 Å². The van der Waals surface area contributed by atoms with Crippen LogP contribution in [0.4, 0.5) is 5.69 Å². The summed E-state index contributed by atoms with van der Waals surface area (Å²) < 4.78 is 12.6. The number of ether oxygens (including phenoxy) is 2. The quantitative estimate of drug-likeness (QED) is 0.0730. The topological polar surface area (TPSA) is 173 Å². The first kappa shape index (κ1) is 28.1. The Hall–Kier alpha value is -5.39. The number of carbonyl (C=O) groups excluding carboxylic acids is 2. The van der Waals surface area contributed by atoms with Crippen molar-refractivity contribution in [2.45, 2.75) is 19.8 Å². The molecule has 12 nitrogen and oxygen atoms in total. The number of hydrogen-bond donors (Lipinski definition) is 5. The molecule has 0 fully saturated rings. The molecule has 0 bridgehead atoms. The minimum atomic E-state index is -0.379. The zero-order valence-electron chi connectivity index (χ0n) is 23.5. The average molecular weight is 569 g/mol. The highest BCUT2D eigenvalue weighted by atomic mass is 16.5. The summed E-state index contributed by atoms with van der Waals surface area (Å²) in [5.41, 5.74) is 10.3. The Balaban J connectivity index is 1.22. The molecule has 5 rings (SSSR count). The van der Waals surface area contributed by atoms with E-state index < -0.39 is 0 Å². The van der Waals surface area contributed by atoms with Crippen LogP contribution in [0, 0.1) is 5.41 Å². The van der Waals surface area contributed by atoms with E-state index in [2.05, 4.69) is 15.6 Å². The third kappa shape index (κ3) is 6.02. The molecule has 42 heavy (non-hydrogen) atoms. The summed E-state index contributed by atoms with van der Waals surface area (Å²) in [5.74, 6) is 1.24. The number of nitrogens with zero attached hydrogens (tertiary/aromatic N) is 3. The number of anilines is 1. The van der Waals surface area contributed by atoms with Gasteiger partial charge < -0.3 is 35.4 Å². The minimum Gasteiger partial charge on any atom is -0.492 e. The first-order valence-electron chi connectivity index (χ1n) is 13.5. The van der Waals surface area contributed by atoms with Gasteiger partial charge in [0.2, 0.25) is 0 Å². The van der Waals surface area contributed by atoms with Crippen molar-refractivity contribution in [2.24, 2.45) is 12.8 Å². The van der Waals surface area contributed by atoms with Gasteiger partial charge in [0.25, 0.3) is 5.91 Å². The SMILES string of the molecule is CCOC(=O)c1ccc(OCCNC(=O)c2ccc3nc(C(C)c4nc5cc(NC(=N)N)ccc5[nH]4)n(C)c3c2)cc1. The predicted octanol–water partition coefficient (Wildman–Crippen LogP) is 3.89. The predicted molar refractivity (Wildman–Crippen MR) is 160 cm³/mol. The van der Waals surface area contributed by atoms with Gasteiger partial charge in [0.1, 0.15) is 24.0 Å². The Labute approximate surface area is 241 Å². The number of aromatic nitrogens is 4. The van der Waals surface area contributed by atoms with Crippen LogP contribution in [0.2, 0.25) is 0 Å². The van der Waals surface area contributed by atoms with E-state index in [0.29, 0.717) is 35.7 Å². The molecule has 0 spiro atoms. The van der Waals surface area contributed by atoms with Gasteiger partial charge in [0.05, 0.1) is 46.7 Å². The van der Waals surface area contributed by atoms with Gasteiger partial charge in [-0.05, 0) is 74.5 Å². The van der Waals surface area contributed by atoms with Gasteiger partial charge in [0.15, 0.2) is 5.96 Å². The summed E-state index contributed by atoms with van der Waals surface area (Å²) in [5, 5.41) is 13.1. The van der Waals surface area contributed by atoms with Gasteiger partial charge in [-0.3, -0.25) is 10.2 Å². The molecule has 3 aromatic carbocycles. The second-order valence-electron chi connectivity index (χ2n) is 9.70. The number of aromatic amines is 1. The molecule has 0 aliphatic heterocycles. The van der Waals surface area contributed by atoms with Crippen LogP contribution in [0.15, 0.2) is 60.7 Å². The molecule has 1 atom stereocenters. The number of imidazole rings is 2. The number of amides is 1. The number of hydrogen-bond acceptors (Lipinski definition) is 7. The molecule has 12 heteroatoms. The van der Waals surface area contributed by atoms with Gasteiger partial charge in [-0.2, -0.15) is 0 Å². The third-order valence-corrected chi connectivity index (χ3v) is 6.78. The second kappa shape index (κ2) is 12.0. The summed E-state index contributed by atoms with van der Waals surface area (Å²) in [7, 11) is 1.92. The Kier molecular flexibility index (Phi) is 8.05. The van der Waals surface area contributed by atoms with Crippen LogP contribution in [-0.2, 0) is 11.8 Å². The van der Waals surface area contributed by atoms with Crippen molar-refractivity contribution in [1.82, 2.24) is 24.8 Å². The standard InChI is InChI=1S/C30H32N8O4/c1-4-41-29(40)18-5-9-21(10-6-18)42-14-13-33-28(39)19-7-11-23-25(15-19)38(3)27(37-23)17(2)26-35-22-12-8-20(34-30(31)32)16-24(22)36-26/h5-12,15-17H,4,13-14H2,1-3H3,(H,33,39)(H,35,36)(H4,31,32,34). The van der Waals surface area contributed by atoms with Crippen LogP contribution in [0.25, 0.3) is 22.1 Å². The number of rotatable bonds is 10. The number of benzene rings is 3. The maximum absolute atomic E-state index is 12.9. The fraction of sp³-hybridized carbons (Fsp3) is 0.233. The molecule has 0 aliphatic carbocycles. The lowest BCUT2D eigenvalue weighted by Gasteiger charge is -2.10. The number of nitrogens with one attached hydrogen (secondary N) is 4. The molecular formula is C30H32N8O4. The Morgan fingerprint density at radius 1 is 1.05 bits per heavy atom. The van der Waals surface area contributed by atoms with Gasteiger partial charge >= 0.3 is 5.97 Å². The van der Waals surface area contributed by atoms with Crippen molar-refractivity contribution in [1.29, 1.82) is 5.41 Å². The number of H-pyrrole nitrogens is 1. The highest BCUT2D eigenvalue weighted by Gasteiger charge is 2.20. The normalized spacial score (nSPS) is 11.8. The molecule has 5 aromatic rings. The van der Waals surface area contributed by atoms with Crippen molar-refractivity contribution in [3.8, 4) is 5.75 Å². The van der Waals surface area contributed by atoms with Crippen molar-refractivity contribution in [3.63, 3.8) is 0 Å². The Morgan fingerprint density at radius 2 is 1.81 bits per heavy atom. The van der Waals surface area contributed by atoms with Crippen LogP contribution >= 0.6 is 0 Å². The summed E-state index contributed by atoms with van der Waals surface area (Å²) in [6.45, 7) is 4.67. The fourth-order valence-corrected chi connectivity index (χ4v) is 4.66. The van der Waals surface area contributed by atoms with Crippen LogP contribution in [0.1, 0.15) is 52.1 Å². The largest absolute Gasteiger partial charge is 0.492 e. The lowest BCUT2D eigenvalue weighted by molar-refractivity contribution is 0.0526. The van der Waals surface area contributed by atoms with Crippen LogP contribution in [-0.4, -0.2) is 57.1 Å². The number of guanidine groups is 1. The molecule has 2 aromatic heterocycles. The molecule has 0 radical (unpaired) electrons. The van der Waals surface area contributed by atoms with Crippen molar-refractivity contribution in [2.75, 3.05) is 25.1 Å². The van der Waals surface area contributed by atoms with E-state index in [1.165, 1.54) is 0 Å². The zero-order valence-corrected chi connectivity index (χ0v) is 23.5. The van der Waals surface area contributed by atoms with Crippen molar-refractivity contribution < 1.29 is 19.1 Å². The number of carbonyl (C=O) groups is 2. The minimum absolute atomic E-state index is 0.140. The lowest BCUT2D eigenvalue weighted by atomic mass is 10.1. The lowest BCUT2D eigenvalue weighted by Crippen LogP contribution is -2.28. The van der Waals surface area contributed by atoms with Crippen molar-refractivity contribution >= 4 is 45.6 Å². The highest BCUT2D eigenvalue weighted by molar-refractivity contribution is 5.97. The van der Waals surface area contributed by atoms with E-state index in [9.17, 15) is 9.59 Å². The van der Waals surface area contributed by atoms with Crippen LogP contribution < -0.4 is 21.1 Å². The van der Waals surface area contributed by atoms with Crippen LogP contribution in [0.3, 0.4) is 0 Å². The van der Waals surface area contributed by atoms with Gasteiger partial charge in [-0.1, -0.05) is 0 Å². The number of nitrogens with two attached hydrogens (primary N) is 1. The number of aryl methyl sites for hydroxylation is 1. The van der Waals surface area contributed by atoms with E-state index in [4.69, 9.17) is 30.6 Å². The zero-order chi connectivity index (χ0) is 29.8. The molecule has 6 N–H and O–H groups in total. The van der Waals surface area contributed by atoms with E-state index in [0.717, 1.165) is 33.7 Å². The molecule has 0 saturated heterocycles. The van der Waals surface area contributed by atoms with E-state index >= 15 is 0 Å². The smallest absolute Gasteiger partial charge is 0.338 e. The van der Waals surface area contributed by atoms with Gasteiger partial charge in [0, 0.05) is 18.3 Å². The fourth-order valence-electron chi connectivity index (χ4n) is 4.66. The first-order chi connectivity index (χ1) is 20.2. The molecule has 1 amide bonds. The summed E-state index contributed by atoms with van der Waals surface area (Å²) in [6.07, 6.45) is 0.